The van der Waals surface area contributed by atoms with Crippen molar-refractivity contribution in [2.75, 3.05) is 18.8 Å². The number of rotatable bonds is 5. The zero-order chi connectivity index (χ0) is 19.5. The number of nitrogens with zero attached hydrogens (tertiary/aromatic N) is 1. The third-order valence-corrected chi connectivity index (χ3v) is 6.42. The number of anilines is 1. The maximum Gasteiger partial charge on any atom is 0.285 e. The summed E-state index contributed by atoms with van der Waals surface area (Å²) in [4.78, 5) is 13.2. The van der Waals surface area contributed by atoms with Crippen molar-refractivity contribution in [3.63, 3.8) is 0 Å². The minimum Gasteiger partial charge on any atom is -0.339 e. The van der Waals surface area contributed by atoms with Crippen molar-refractivity contribution in [1.29, 1.82) is 0 Å². The van der Waals surface area contributed by atoms with Gasteiger partial charge in [0.1, 0.15) is 0 Å². The average Bonchev–Trinajstić information content (AvgIpc) is 2.54. The Kier molecular flexibility index (Phi) is 5.96. The minimum atomic E-state index is -4.03. The van der Waals surface area contributed by atoms with Crippen LogP contribution in [0.25, 0.3) is 0 Å². The van der Waals surface area contributed by atoms with Gasteiger partial charge in [-0.05, 0) is 48.2 Å². The van der Waals surface area contributed by atoms with Gasteiger partial charge in [0.15, 0.2) is 0 Å². The zero-order valence-electron chi connectivity index (χ0n) is 13.9. The van der Waals surface area contributed by atoms with E-state index in [-0.39, 0.29) is 20.7 Å². The Morgan fingerprint density at radius 3 is 2.23 bits per heavy atom. The highest BCUT2D eigenvalue weighted by atomic mass is 32.2. The van der Waals surface area contributed by atoms with Crippen molar-refractivity contribution >= 4 is 42.7 Å². The van der Waals surface area contributed by atoms with E-state index in [0.717, 1.165) is 17.8 Å². The Hall–Kier alpha value is -2.08. The minimum absolute atomic E-state index is 0.203. The predicted octanol–water partition coefficient (Wildman–Crippen LogP) is 1.91. The lowest BCUT2D eigenvalue weighted by Gasteiger charge is -2.11. The Bertz CT molecular complexity index is 1030. The second kappa shape index (κ2) is 7.66. The fraction of sp³-hybridized carbons (Fsp3) is 0.133. The summed E-state index contributed by atoms with van der Waals surface area (Å²) in [6, 6.07) is 11.0. The molecule has 0 aliphatic heterocycles. The molecule has 0 heterocycles. The molecule has 0 unspecified atom stereocenters. The van der Waals surface area contributed by atoms with Crippen molar-refractivity contribution in [2.45, 2.75) is 14.7 Å². The molecule has 0 aliphatic carbocycles. The van der Waals surface area contributed by atoms with Crippen LogP contribution in [0.5, 0.6) is 0 Å². The van der Waals surface area contributed by atoms with Crippen LogP contribution in [0.4, 0.5) is 10.5 Å². The van der Waals surface area contributed by atoms with Crippen LogP contribution in [-0.4, -0.2) is 41.1 Å². The first-order chi connectivity index (χ1) is 12.0. The third-order valence-electron chi connectivity index (χ3n) is 3.10. The average molecular weight is 416 g/mol. The molecule has 8 nitrogen and oxygen atoms in total. The van der Waals surface area contributed by atoms with Gasteiger partial charge in [0, 0.05) is 24.7 Å². The number of carbonyl (C=O) groups is 1. The molecule has 3 N–H and O–H groups in total. The number of primary sulfonamides is 1. The van der Waals surface area contributed by atoms with Crippen molar-refractivity contribution in [2.24, 2.45) is 5.14 Å². The second-order valence-corrected chi connectivity index (χ2v) is 9.68. The molecule has 0 saturated heterocycles. The molecule has 2 aromatic rings. The summed E-state index contributed by atoms with van der Waals surface area (Å²) in [5.74, 6) is 0. The first-order valence-corrected chi connectivity index (χ1v) is 11.0. The summed E-state index contributed by atoms with van der Waals surface area (Å²) in [7, 11) is -4.83. The van der Waals surface area contributed by atoms with E-state index in [2.05, 4.69) is 4.72 Å². The number of nitrogens with two attached hydrogens (primary N) is 1. The number of carbonyl (C=O) groups excluding carboxylic acids is 1. The molecule has 26 heavy (non-hydrogen) atoms. The molecule has 1 amide bonds. The van der Waals surface area contributed by atoms with Crippen molar-refractivity contribution < 1.29 is 21.6 Å². The van der Waals surface area contributed by atoms with Crippen molar-refractivity contribution in [3.05, 3.63) is 48.5 Å². The maximum atomic E-state index is 12.5. The van der Waals surface area contributed by atoms with Crippen LogP contribution < -0.4 is 9.86 Å². The molecule has 0 spiro atoms. The summed E-state index contributed by atoms with van der Waals surface area (Å²) in [5.41, 5.74) is 0.238. The quantitative estimate of drug-likeness (QED) is 0.718. The molecular weight excluding hydrogens is 398 g/mol. The fourth-order valence-corrected chi connectivity index (χ4v) is 4.29. The molecule has 0 fully saturated rings. The molecular formula is C15H17N3O5S3. The van der Waals surface area contributed by atoms with Crippen LogP contribution in [0, 0.1) is 0 Å². The van der Waals surface area contributed by atoms with E-state index < -0.39 is 20.0 Å². The number of hydrogen-bond acceptors (Lipinski definition) is 6. The molecule has 11 heteroatoms. The van der Waals surface area contributed by atoms with Gasteiger partial charge in [-0.25, -0.2) is 22.0 Å². The lowest BCUT2D eigenvalue weighted by atomic mass is 10.3. The predicted molar refractivity (Wildman–Crippen MR) is 100 cm³/mol. The lowest BCUT2D eigenvalue weighted by Crippen LogP contribution is -2.16. The van der Waals surface area contributed by atoms with E-state index >= 15 is 0 Å². The summed E-state index contributed by atoms with van der Waals surface area (Å²) in [6.07, 6.45) is 0. The third kappa shape index (κ3) is 5.21. The van der Waals surface area contributed by atoms with Gasteiger partial charge in [-0.3, -0.25) is 9.52 Å². The highest BCUT2D eigenvalue weighted by Crippen LogP contribution is 2.25. The van der Waals surface area contributed by atoms with E-state index in [4.69, 9.17) is 5.14 Å². The second-order valence-electron chi connectivity index (χ2n) is 5.42. The maximum absolute atomic E-state index is 12.5. The van der Waals surface area contributed by atoms with Crippen LogP contribution in [0.1, 0.15) is 0 Å². The summed E-state index contributed by atoms with van der Waals surface area (Å²) < 4.78 is 50.1. The van der Waals surface area contributed by atoms with Gasteiger partial charge < -0.3 is 4.90 Å². The normalized spacial score (nSPS) is 11.8. The number of thioether (sulfide) groups is 1. The van der Waals surface area contributed by atoms with Gasteiger partial charge in [0.2, 0.25) is 10.0 Å². The Labute approximate surface area is 156 Å². The highest BCUT2D eigenvalue weighted by Gasteiger charge is 2.18. The van der Waals surface area contributed by atoms with Gasteiger partial charge in [0.25, 0.3) is 15.3 Å². The topological polar surface area (TPSA) is 127 Å². The summed E-state index contributed by atoms with van der Waals surface area (Å²) in [5, 5.41) is 4.83. The Balaban J connectivity index is 2.29. The molecule has 0 aliphatic rings. The van der Waals surface area contributed by atoms with Crippen molar-refractivity contribution in [1.82, 2.24) is 4.90 Å². The van der Waals surface area contributed by atoms with Crippen LogP contribution in [0.2, 0.25) is 0 Å². The first-order valence-electron chi connectivity index (χ1n) is 7.14. The van der Waals surface area contributed by atoms with Gasteiger partial charge in [0.05, 0.1) is 9.79 Å². The lowest BCUT2D eigenvalue weighted by molar-refractivity contribution is 0.241. The molecule has 0 saturated carbocycles. The smallest absolute Gasteiger partial charge is 0.285 e. The number of amides is 1. The van der Waals surface area contributed by atoms with Crippen LogP contribution in [0.15, 0.2) is 63.2 Å². The van der Waals surface area contributed by atoms with Gasteiger partial charge in [-0.15, -0.1) is 0 Å². The van der Waals surface area contributed by atoms with Crippen LogP contribution in [0.3, 0.4) is 0 Å². The molecule has 0 aromatic heterocycles. The van der Waals surface area contributed by atoms with E-state index in [9.17, 15) is 21.6 Å². The number of hydrogen-bond donors (Lipinski definition) is 2. The van der Waals surface area contributed by atoms with E-state index in [0.29, 0.717) is 4.90 Å². The molecule has 2 rings (SSSR count). The van der Waals surface area contributed by atoms with E-state index in [1.165, 1.54) is 35.2 Å². The molecule has 140 valence electrons. The molecule has 2 aromatic carbocycles. The standard InChI is InChI=1S/C15H17N3O5S3/c1-18(2)15(19)24-12-6-3-5-11(9-12)17-26(22,23)14-8-4-7-13(10-14)25(16,20)21/h3-10,17H,1-2H3,(H2,16,20,21). The SMILES string of the molecule is CN(C)C(=O)Sc1cccc(NS(=O)(=O)c2cccc(S(N)(=O)=O)c2)c1. The molecule has 0 radical (unpaired) electrons. The Morgan fingerprint density at radius 2 is 1.62 bits per heavy atom. The zero-order valence-corrected chi connectivity index (χ0v) is 16.4. The van der Waals surface area contributed by atoms with E-state index in [1.807, 2.05) is 0 Å². The van der Waals surface area contributed by atoms with Crippen LogP contribution in [-0.2, 0) is 20.0 Å². The summed E-state index contributed by atoms with van der Waals surface area (Å²) in [6.45, 7) is 0. The largest absolute Gasteiger partial charge is 0.339 e. The van der Waals surface area contributed by atoms with Gasteiger partial charge >= 0.3 is 0 Å². The van der Waals surface area contributed by atoms with Crippen LogP contribution >= 0.6 is 11.8 Å². The molecule has 0 bridgehead atoms. The van der Waals surface area contributed by atoms with Gasteiger partial charge in [-0.1, -0.05) is 12.1 Å². The number of sulfonamides is 2. The summed E-state index contributed by atoms with van der Waals surface area (Å²) >= 11 is 0.950. The number of benzene rings is 2. The molecule has 0 atom stereocenters. The highest BCUT2D eigenvalue weighted by molar-refractivity contribution is 8.13. The Morgan fingerprint density at radius 1 is 1.00 bits per heavy atom. The monoisotopic (exact) mass is 415 g/mol. The number of nitrogens with one attached hydrogen (secondary N) is 1. The van der Waals surface area contributed by atoms with Gasteiger partial charge in [-0.2, -0.15) is 0 Å². The first kappa shape index (κ1) is 20.2. The fourth-order valence-electron chi connectivity index (χ4n) is 1.85. The van der Waals surface area contributed by atoms with Crippen molar-refractivity contribution in [3.8, 4) is 0 Å². The van der Waals surface area contributed by atoms with E-state index in [1.54, 1.807) is 26.2 Å².